The van der Waals surface area contributed by atoms with Crippen LogP contribution in [0.4, 0.5) is 0 Å². The summed E-state index contributed by atoms with van der Waals surface area (Å²) in [7, 11) is 1.40. The Labute approximate surface area is 83.3 Å². The molecular weight excluding hydrogens is 180 g/mol. The first-order chi connectivity index (χ1) is 6.69. The van der Waals surface area contributed by atoms with E-state index in [0.717, 1.165) is 6.42 Å². The van der Waals surface area contributed by atoms with Crippen molar-refractivity contribution in [3.05, 3.63) is 35.4 Å². The molecule has 1 N–H and O–H groups in total. The van der Waals surface area contributed by atoms with Crippen LogP contribution in [-0.2, 0) is 16.0 Å². The normalized spacial score (nSPS) is 12.4. The second kappa shape index (κ2) is 4.77. The number of carbonyl (C=O) groups is 1. The Bertz CT molecular complexity index is 303. The van der Waals surface area contributed by atoms with Gasteiger partial charge in [0.25, 0.3) is 0 Å². The van der Waals surface area contributed by atoms with Gasteiger partial charge in [0, 0.05) is 7.11 Å². The average Bonchev–Trinajstić information content (AvgIpc) is 2.19. The molecule has 0 aromatic heterocycles. The first-order valence-corrected chi connectivity index (χ1v) is 4.53. The summed E-state index contributed by atoms with van der Waals surface area (Å²) < 4.78 is 4.87. The molecule has 0 amide bonds. The lowest BCUT2D eigenvalue weighted by atomic mass is 10.1. The SMILES string of the molecule is CCc1ccc(C(OC)C(=O)O)cc1. The highest BCUT2D eigenvalue weighted by Gasteiger charge is 2.18. The van der Waals surface area contributed by atoms with Crippen LogP contribution >= 0.6 is 0 Å². The van der Waals surface area contributed by atoms with Gasteiger partial charge in [-0.15, -0.1) is 0 Å². The number of aliphatic carboxylic acids is 1. The van der Waals surface area contributed by atoms with Crippen molar-refractivity contribution >= 4 is 5.97 Å². The van der Waals surface area contributed by atoms with E-state index in [-0.39, 0.29) is 0 Å². The van der Waals surface area contributed by atoms with Crippen LogP contribution in [0.5, 0.6) is 0 Å². The fourth-order valence-electron chi connectivity index (χ4n) is 1.31. The molecule has 0 saturated carbocycles. The van der Waals surface area contributed by atoms with Gasteiger partial charge in [-0.1, -0.05) is 31.2 Å². The van der Waals surface area contributed by atoms with Crippen LogP contribution in [0.15, 0.2) is 24.3 Å². The fraction of sp³-hybridized carbons (Fsp3) is 0.364. The van der Waals surface area contributed by atoms with Gasteiger partial charge < -0.3 is 9.84 Å². The maximum atomic E-state index is 10.8. The van der Waals surface area contributed by atoms with Gasteiger partial charge in [-0.2, -0.15) is 0 Å². The van der Waals surface area contributed by atoms with Crippen LogP contribution < -0.4 is 0 Å². The quantitative estimate of drug-likeness (QED) is 0.797. The monoisotopic (exact) mass is 194 g/mol. The van der Waals surface area contributed by atoms with E-state index in [1.54, 1.807) is 12.1 Å². The molecule has 0 spiro atoms. The van der Waals surface area contributed by atoms with Crippen LogP contribution in [0.1, 0.15) is 24.2 Å². The number of hydrogen-bond donors (Lipinski definition) is 1. The number of benzene rings is 1. The zero-order valence-electron chi connectivity index (χ0n) is 8.36. The summed E-state index contributed by atoms with van der Waals surface area (Å²) in [4.78, 5) is 10.8. The smallest absolute Gasteiger partial charge is 0.337 e. The number of carboxylic acid groups (broad SMARTS) is 1. The molecule has 76 valence electrons. The molecule has 0 saturated heterocycles. The van der Waals surface area contributed by atoms with Gasteiger partial charge in [0.2, 0.25) is 0 Å². The minimum atomic E-state index is -0.961. The van der Waals surface area contributed by atoms with Crippen molar-refractivity contribution in [2.45, 2.75) is 19.4 Å². The van der Waals surface area contributed by atoms with E-state index < -0.39 is 12.1 Å². The molecule has 14 heavy (non-hydrogen) atoms. The summed E-state index contributed by atoms with van der Waals surface area (Å²) >= 11 is 0. The summed E-state index contributed by atoms with van der Waals surface area (Å²) in [5.41, 5.74) is 1.87. The highest BCUT2D eigenvalue weighted by molar-refractivity contribution is 5.74. The summed E-state index contributed by atoms with van der Waals surface area (Å²) in [5, 5.41) is 8.83. The molecular formula is C11H14O3. The lowest BCUT2D eigenvalue weighted by molar-refractivity contribution is -0.148. The molecule has 0 aliphatic heterocycles. The van der Waals surface area contributed by atoms with Crippen LogP contribution in [0.2, 0.25) is 0 Å². The minimum absolute atomic E-state index is 0.678. The van der Waals surface area contributed by atoms with Gasteiger partial charge in [0.1, 0.15) is 0 Å². The molecule has 1 aromatic rings. The van der Waals surface area contributed by atoms with Crippen LogP contribution in [0.3, 0.4) is 0 Å². The maximum absolute atomic E-state index is 10.8. The molecule has 0 radical (unpaired) electrons. The highest BCUT2D eigenvalue weighted by Crippen LogP contribution is 2.17. The van der Waals surface area contributed by atoms with Crippen LogP contribution in [0, 0.1) is 0 Å². The second-order valence-corrected chi connectivity index (χ2v) is 3.05. The summed E-state index contributed by atoms with van der Waals surface area (Å²) in [6.45, 7) is 2.06. The summed E-state index contributed by atoms with van der Waals surface area (Å²) in [6, 6.07) is 7.43. The Morgan fingerprint density at radius 3 is 2.36 bits per heavy atom. The number of rotatable bonds is 4. The second-order valence-electron chi connectivity index (χ2n) is 3.05. The molecule has 1 atom stereocenters. The summed E-state index contributed by atoms with van der Waals surface area (Å²) in [5.74, 6) is -0.961. The molecule has 1 rings (SSSR count). The highest BCUT2D eigenvalue weighted by atomic mass is 16.5. The molecule has 3 nitrogen and oxygen atoms in total. The lowest BCUT2D eigenvalue weighted by Gasteiger charge is -2.10. The molecule has 1 unspecified atom stereocenters. The van der Waals surface area contributed by atoms with E-state index in [4.69, 9.17) is 9.84 Å². The topological polar surface area (TPSA) is 46.5 Å². The third kappa shape index (κ3) is 2.33. The number of carboxylic acids is 1. The van der Waals surface area contributed by atoms with Crippen LogP contribution in [-0.4, -0.2) is 18.2 Å². The van der Waals surface area contributed by atoms with Crippen molar-refractivity contribution in [1.29, 1.82) is 0 Å². The van der Waals surface area contributed by atoms with Gasteiger partial charge >= 0.3 is 5.97 Å². The largest absolute Gasteiger partial charge is 0.479 e. The van der Waals surface area contributed by atoms with Gasteiger partial charge in [-0.05, 0) is 17.5 Å². The predicted molar refractivity (Wildman–Crippen MR) is 53.2 cm³/mol. The Balaban J connectivity index is 2.89. The van der Waals surface area contributed by atoms with Crippen molar-refractivity contribution in [1.82, 2.24) is 0 Å². The predicted octanol–water partition coefficient (Wildman–Crippen LogP) is 2.02. The first-order valence-electron chi connectivity index (χ1n) is 4.53. The molecule has 1 aromatic carbocycles. The Hall–Kier alpha value is -1.35. The van der Waals surface area contributed by atoms with E-state index >= 15 is 0 Å². The Morgan fingerprint density at radius 1 is 1.43 bits per heavy atom. The van der Waals surface area contributed by atoms with E-state index in [0.29, 0.717) is 5.56 Å². The molecule has 0 fully saturated rings. The third-order valence-corrected chi connectivity index (χ3v) is 2.15. The summed E-state index contributed by atoms with van der Waals surface area (Å²) in [6.07, 6.45) is 0.0891. The standard InChI is InChI=1S/C11H14O3/c1-3-8-4-6-9(7-5-8)10(14-2)11(12)13/h4-7,10H,3H2,1-2H3,(H,12,13). The van der Waals surface area contributed by atoms with Gasteiger partial charge in [0.15, 0.2) is 6.10 Å². The number of methoxy groups -OCH3 is 1. The minimum Gasteiger partial charge on any atom is -0.479 e. The molecule has 3 heteroatoms. The van der Waals surface area contributed by atoms with Crippen molar-refractivity contribution in [2.75, 3.05) is 7.11 Å². The van der Waals surface area contributed by atoms with Crippen LogP contribution in [0.25, 0.3) is 0 Å². The zero-order valence-corrected chi connectivity index (χ0v) is 8.36. The van der Waals surface area contributed by atoms with E-state index in [9.17, 15) is 4.79 Å². The molecule has 0 heterocycles. The van der Waals surface area contributed by atoms with E-state index in [1.165, 1.54) is 12.7 Å². The van der Waals surface area contributed by atoms with E-state index in [1.807, 2.05) is 12.1 Å². The van der Waals surface area contributed by atoms with Gasteiger partial charge in [-0.3, -0.25) is 0 Å². The Morgan fingerprint density at radius 2 is 2.00 bits per heavy atom. The van der Waals surface area contributed by atoms with Crippen molar-refractivity contribution in [2.24, 2.45) is 0 Å². The van der Waals surface area contributed by atoms with Gasteiger partial charge in [0.05, 0.1) is 0 Å². The zero-order chi connectivity index (χ0) is 10.6. The number of ether oxygens (including phenoxy) is 1. The molecule has 0 aliphatic carbocycles. The van der Waals surface area contributed by atoms with Crippen molar-refractivity contribution < 1.29 is 14.6 Å². The van der Waals surface area contributed by atoms with Crippen molar-refractivity contribution in [3.8, 4) is 0 Å². The van der Waals surface area contributed by atoms with Crippen molar-refractivity contribution in [3.63, 3.8) is 0 Å². The molecule has 0 aliphatic rings. The fourth-order valence-corrected chi connectivity index (χ4v) is 1.31. The third-order valence-electron chi connectivity index (χ3n) is 2.15. The maximum Gasteiger partial charge on any atom is 0.337 e. The number of aryl methyl sites for hydroxylation is 1. The molecule has 0 bridgehead atoms. The van der Waals surface area contributed by atoms with E-state index in [2.05, 4.69) is 6.92 Å². The Kier molecular flexibility index (Phi) is 3.65. The average molecular weight is 194 g/mol. The lowest BCUT2D eigenvalue weighted by Crippen LogP contribution is -2.13. The van der Waals surface area contributed by atoms with Gasteiger partial charge in [-0.25, -0.2) is 4.79 Å². The number of hydrogen-bond acceptors (Lipinski definition) is 2. The first kappa shape index (κ1) is 10.7.